The van der Waals surface area contributed by atoms with Gasteiger partial charge in [-0.05, 0) is 25.0 Å². The molecule has 1 saturated carbocycles. The molecular formula is C14H16N4O2. The lowest BCUT2D eigenvalue weighted by atomic mass is 10.2. The number of hydrogen-bond acceptors (Lipinski definition) is 5. The van der Waals surface area contributed by atoms with Gasteiger partial charge in [0.05, 0.1) is 25.0 Å². The quantitative estimate of drug-likeness (QED) is 0.863. The average molecular weight is 272 g/mol. The Morgan fingerprint density at radius 1 is 1.50 bits per heavy atom. The number of ether oxygens (including phenoxy) is 1. The van der Waals surface area contributed by atoms with Crippen LogP contribution in [0, 0.1) is 11.3 Å². The maximum atomic E-state index is 12.0. The molecule has 6 heteroatoms. The van der Waals surface area contributed by atoms with Crippen molar-refractivity contribution in [2.75, 3.05) is 24.6 Å². The largest absolute Gasteiger partial charge is 0.365 e. The monoisotopic (exact) mass is 272 g/mol. The maximum Gasteiger partial charge on any atom is 0.251 e. The Morgan fingerprint density at radius 2 is 2.35 bits per heavy atom. The van der Waals surface area contributed by atoms with Crippen molar-refractivity contribution in [3.05, 3.63) is 24.0 Å². The molecule has 0 radical (unpaired) electrons. The zero-order chi connectivity index (χ0) is 13.9. The molecule has 2 fully saturated rings. The number of nitrogens with zero attached hydrogens (tertiary/aromatic N) is 3. The Kier molecular flexibility index (Phi) is 3.52. The molecule has 3 rings (SSSR count). The molecule has 1 aromatic rings. The lowest BCUT2D eigenvalue weighted by Gasteiger charge is -2.33. The van der Waals surface area contributed by atoms with Crippen molar-refractivity contribution in [1.82, 2.24) is 10.3 Å². The molecule has 2 aliphatic rings. The van der Waals surface area contributed by atoms with Gasteiger partial charge in [-0.2, -0.15) is 5.26 Å². The number of rotatable bonds is 3. The predicted molar refractivity (Wildman–Crippen MR) is 72.1 cm³/mol. The van der Waals surface area contributed by atoms with E-state index in [2.05, 4.69) is 15.2 Å². The second-order valence-corrected chi connectivity index (χ2v) is 5.10. The number of morpholine rings is 1. The molecule has 1 aliphatic carbocycles. The van der Waals surface area contributed by atoms with Crippen molar-refractivity contribution >= 4 is 11.6 Å². The Hall–Kier alpha value is -2.13. The summed E-state index contributed by atoms with van der Waals surface area (Å²) < 4.78 is 5.54. The van der Waals surface area contributed by atoms with Crippen molar-refractivity contribution in [1.29, 1.82) is 5.26 Å². The van der Waals surface area contributed by atoms with Crippen molar-refractivity contribution in [2.24, 2.45) is 0 Å². The van der Waals surface area contributed by atoms with Crippen LogP contribution in [0.4, 0.5) is 5.69 Å². The van der Waals surface area contributed by atoms with Crippen LogP contribution in [0.15, 0.2) is 18.3 Å². The fraction of sp³-hybridized carbons (Fsp3) is 0.500. The highest BCUT2D eigenvalue weighted by Crippen LogP contribution is 2.20. The third kappa shape index (κ3) is 2.89. The van der Waals surface area contributed by atoms with E-state index in [1.165, 1.54) is 0 Å². The van der Waals surface area contributed by atoms with Gasteiger partial charge in [0, 0.05) is 12.6 Å². The molecule has 104 valence electrons. The zero-order valence-electron chi connectivity index (χ0n) is 11.1. The second-order valence-electron chi connectivity index (χ2n) is 5.10. The second kappa shape index (κ2) is 5.47. The van der Waals surface area contributed by atoms with E-state index in [4.69, 9.17) is 10.00 Å². The summed E-state index contributed by atoms with van der Waals surface area (Å²) in [5, 5.41) is 11.7. The normalized spacial score (nSPS) is 22.1. The van der Waals surface area contributed by atoms with Crippen LogP contribution in [0.2, 0.25) is 0 Å². The highest BCUT2D eigenvalue weighted by atomic mass is 16.5. The van der Waals surface area contributed by atoms with Gasteiger partial charge in [-0.1, -0.05) is 0 Å². The lowest BCUT2D eigenvalue weighted by Crippen LogP contribution is -2.50. The summed E-state index contributed by atoms with van der Waals surface area (Å²) in [7, 11) is 0. The topological polar surface area (TPSA) is 78.2 Å². The first-order valence-electron chi connectivity index (χ1n) is 6.79. The van der Waals surface area contributed by atoms with Crippen molar-refractivity contribution in [3.63, 3.8) is 0 Å². The van der Waals surface area contributed by atoms with Crippen LogP contribution in [0.25, 0.3) is 0 Å². The number of amides is 1. The standard InChI is InChI=1S/C14H16N4O2/c15-7-11-3-4-12(8-16-11)18-5-6-20-13(9-18)14(19)17-10-1-2-10/h3-4,8,10,13H,1-2,5-6,9H2,(H,17,19). The molecule has 6 nitrogen and oxygen atoms in total. The minimum atomic E-state index is -0.431. The Bertz CT molecular complexity index is 533. The van der Waals surface area contributed by atoms with Crippen LogP contribution in [0.1, 0.15) is 18.5 Å². The molecule has 1 amide bonds. The lowest BCUT2D eigenvalue weighted by molar-refractivity contribution is -0.133. The Balaban J connectivity index is 1.64. The molecule has 1 aliphatic heterocycles. The summed E-state index contributed by atoms with van der Waals surface area (Å²) in [4.78, 5) is 18.1. The summed E-state index contributed by atoms with van der Waals surface area (Å²) in [6.07, 6.45) is 3.38. The van der Waals surface area contributed by atoms with Gasteiger partial charge >= 0.3 is 0 Å². The number of aromatic nitrogens is 1. The third-order valence-electron chi connectivity index (χ3n) is 3.51. The van der Waals surface area contributed by atoms with Gasteiger partial charge in [-0.3, -0.25) is 4.79 Å². The van der Waals surface area contributed by atoms with E-state index < -0.39 is 6.10 Å². The average Bonchev–Trinajstić information content (AvgIpc) is 3.31. The van der Waals surface area contributed by atoms with E-state index in [0.717, 1.165) is 25.1 Å². The zero-order valence-corrected chi connectivity index (χ0v) is 11.1. The van der Waals surface area contributed by atoms with Crippen molar-refractivity contribution < 1.29 is 9.53 Å². The molecule has 0 bridgehead atoms. The van der Waals surface area contributed by atoms with E-state index in [9.17, 15) is 4.79 Å². The number of nitriles is 1. The van der Waals surface area contributed by atoms with E-state index in [1.807, 2.05) is 12.1 Å². The molecule has 20 heavy (non-hydrogen) atoms. The first kappa shape index (κ1) is 12.9. The fourth-order valence-corrected chi connectivity index (χ4v) is 2.20. The van der Waals surface area contributed by atoms with Gasteiger partial charge in [0.1, 0.15) is 11.8 Å². The van der Waals surface area contributed by atoms with Gasteiger partial charge in [0.2, 0.25) is 0 Å². The van der Waals surface area contributed by atoms with Crippen molar-refractivity contribution in [3.8, 4) is 6.07 Å². The Morgan fingerprint density at radius 3 is 3.00 bits per heavy atom. The molecule has 0 aromatic carbocycles. The predicted octanol–water partition coefficient (Wildman–Crippen LogP) is 0.437. The van der Waals surface area contributed by atoms with Crippen LogP contribution in [-0.4, -0.2) is 42.7 Å². The first-order valence-corrected chi connectivity index (χ1v) is 6.79. The number of hydrogen-bond donors (Lipinski definition) is 1. The molecule has 1 atom stereocenters. The summed E-state index contributed by atoms with van der Waals surface area (Å²) >= 11 is 0. The highest BCUT2D eigenvalue weighted by molar-refractivity contribution is 5.82. The van der Waals surface area contributed by atoms with E-state index in [0.29, 0.717) is 24.9 Å². The molecule has 2 heterocycles. The van der Waals surface area contributed by atoms with Gasteiger partial charge in [-0.15, -0.1) is 0 Å². The Labute approximate surface area is 117 Å². The summed E-state index contributed by atoms with van der Waals surface area (Å²) in [6.45, 7) is 1.76. The molecule has 0 spiro atoms. The summed E-state index contributed by atoms with van der Waals surface area (Å²) in [6, 6.07) is 5.88. The minimum absolute atomic E-state index is 0.0289. The molecule has 1 unspecified atom stereocenters. The number of carbonyl (C=O) groups is 1. The van der Waals surface area contributed by atoms with E-state index in [-0.39, 0.29) is 5.91 Å². The van der Waals surface area contributed by atoms with Crippen LogP contribution in [-0.2, 0) is 9.53 Å². The number of pyridine rings is 1. The summed E-state index contributed by atoms with van der Waals surface area (Å²) in [5.41, 5.74) is 1.31. The maximum absolute atomic E-state index is 12.0. The van der Waals surface area contributed by atoms with E-state index in [1.54, 1.807) is 12.3 Å². The first-order chi connectivity index (χ1) is 9.76. The van der Waals surface area contributed by atoms with Gasteiger partial charge < -0.3 is 15.0 Å². The van der Waals surface area contributed by atoms with Crippen LogP contribution in [0.3, 0.4) is 0 Å². The minimum Gasteiger partial charge on any atom is -0.365 e. The number of nitrogens with one attached hydrogen (secondary N) is 1. The fourth-order valence-electron chi connectivity index (χ4n) is 2.20. The SMILES string of the molecule is N#Cc1ccc(N2CCOC(C(=O)NC3CC3)C2)cn1. The van der Waals surface area contributed by atoms with Gasteiger partial charge in [0.15, 0.2) is 6.10 Å². The molecular weight excluding hydrogens is 256 g/mol. The van der Waals surface area contributed by atoms with Crippen LogP contribution >= 0.6 is 0 Å². The number of carbonyl (C=O) groups excluding carboxylic acids is 1. The van der Waals surface area contributed by atoms with Crippen molar-refractivity contribution in [2.45, 2.75) is 25.0 Å². The molecule has 1 N–H and O–H groups in total. The van der Waals surface area contributed by atoms with Gasteiger partial charge in [0.25, 0.3) is 5.91 Å². The van der Waals surface area contributed by atoms with E-state index >= 15 is 0 Å². The van der Waals surface area contributed by atoms with Gasteiger partial charge in [-0.25, -0.2) is 4.98 Å². The smallest absolute Gasteiger partial charge is 0.251 e. The number of anilines is 1. The van der Waals surface area contributed by atoms with Crippen LogP contribution < -0.4 is 10.2 Å². The molecule has 1 aromatic heterocycles. The highest BCUT2D eigenvalue weighted by Gasteiger charge is 2.31. The summed E-state index contributed by atoms with van der Waals surface area (Å²) in [5.74, 6) is -0.0289. The van der Waals surface area contributed by atoms with Crippen LogP contribution in [0.5, 0.6) is 0 Å². The molecule has 1 saturated heterocycles. The third-order valence-corrected chi connectivity index (χ3v) is 3.51.